The molecule has 2 nitrogen and oxygen atoms in total. The molecule has 0 unspecified atom stereocenters. The Labute approximate surface area is 69.2 Å². The van der Waals surface area contributed by atoms with E-state index in [4.69, 9.17) is 5.11 Å². The lowest BCUT2D eigenvalue weighted by atomic mass is 10.1. The van der Waals surface area contributed by atoms with E-state index in [1.165, 1.54) is 19.5 Å². The van der Waals surface area contributed by atoms with Crippen molar-refractivity contribution in [3.05, 3.63) is 0 Å². The summed E-state index contributed by atoms with van der Waals surface area (Å²) in [6, 6.07) is 0.679. The molecular formula is C9H19NO. The number of aliphatic hydroxyl groups is 1. The van der Waals surface area contributed by atoms with E-state index in [0.29, 0.717) is 12.6 Å². The van der Waals surface area contributed by atoms with Crippen LogP contribution in [0.5, 0.6) is 0 Å². The van der Waals surface area contributed by atoms with Gasteiger partial charge in [0.05, 0.1) is 0 Å². The van der Waals surface area contributed by atoms with Crippen LogP contribution in [0.1, 0.15) is 26.7 Å². The zero-order valence-corrected chi connectivity index (χ0v) is 7.58. The molecule has 1 rings (SSSR count). The highest BCUT2D eigenvalue weighted by Gasteiger charge is 2.23. The summed E-state index contributed by atoms with van der Waals surface area (Å²) in [5, 5.41) is 8.73. The lowest BCUT2D eigenvalue weighted by molar-refractivity contribution is 0.235. The van der Waals surface area contributed by atoms with Gasteiger partial charge in [0.15, 0.2) is 0 Å². The second-order valence-corrected chi connectivity index (χ2v) is 3.76. The third-order valence-electron chi connectivity index (χ3n) is 2.58. The Balaban J connectivity index is 2.23. The summed E-state index contributed by atoms with van der Waals surface area (Å²) in [6.45, 7) is 7.25. The molecule has 0 spiro atoms. The van der Waals surface area contributed by atoms with E-state index in [9.17, 15) is 0 Å². The van der Waals surface area contributed by atoms with Gasteiger partial charge in [-0.25, -0.2) is 0 Å². The normalized spacial score (nSPS) is 26.7. The van der Waals surface area contributed by atoms with E-state index < -0.39 is 0 Å². The van der Waals surface area contributed by atoms with Crippen molar-refractivity contribution in [1.82, 2.24) is 4.90 Å². The molecule has 1 aliphatic heterocycles. The number of hydrogen-bond donors (Lipinski definition) is 1. The molecule has 1 atom stereocenters. The van der Waals surface area contributed by atoms with Crippen molar-refractivity contribution in [2.24, 2.45) is 5.92 Å². The van der Waals surface area contributed by atoms with Crippen LogP contribution in [0.2, 0.25) is 0 Å². The molecule has 0 radical (unpaired) electrons. The molecule has 0 bridgehead atoms. The van der Waals surface area contributed by atoms with Gasteiger partial charge in [0, 0.05) is 19.2 Å². The van der Waals surface area contributed by atoms with Gasteiger partial charge in [-0.2, -0.15) is 0 Å². The first-order valence-corrected chi connectivity index (χ1v) is 4.59. The molecule has 1 aliphatic rings. The maximum atomic E-state index is 8.73. The van der Waals surface area contributed by atoms with Crippen molar-refractivity contribution in [3.8, 4) is 0 Å². The molecule has 0 amide bonds. The molecule has 1 fully saturated rings. The summed E-state index contributed by atoms with van der Waals surface area (Å²) in [7, 11) is 0. The molecule has 1 saturated heterocycles. The smallest absolute Gasteiger partial charge is 0.0434 e. The number of aliphatic hydroxyl groups excluding tert-OH is 1. The van der Waals surface area contributed by atoms with Crippen molar-refractivity contribution in [3.63, 3.8) is 0 Å². The molecule has 11 heavy (non-hydrogen) atoms. The molecule has 0 aromatic heterocycles. The second kappa shape index (κ2) is 4.07. The average molecular weight is 157 g/mol. The van der Waals surface area contributed by atoms with Gasteiger partial charge in [-0.05, 0) is 39.2 Å². The fourth-order valence-corrected chi connectivity index (χ4v) is 1.75. The lowest BCUT2D eigenvalue weighted by Crippen LogP contribution is -2.28. The Bertz CT molecular complexity index is 114. The molecule has 66 valence electrons. The minimum absolute atomic E-state index is 0.358. The van der Waals surface area contributed by atoms with E-state index >= 15 is 0 Å². The fourth-order valence-electron chi connectivity index (χ4n) is 1.75. The van der Waals surface area contributed by atoms with Crippen molar-refractivity contribution in [1.29, 1.82) is 0 Å². The molecule has 0 aliphatic carbocycles. The molecule has 0 saturated carbocycles. The predicted molar refractivity (Wildman–Crippen MR) is 46.5 cm³/mol. The summed E-state index contributed by atoms with van der Waals surface area (Å²) in [4.78, 5) is 2.49. The first kappa shape index (κ1) is 9.01. The first-order valence-electron chi connectivity index (χ1n) is 4.59. The molecule has 1 N–H and O–H groups in total. The highest BCUT2D eigenvalue weighted by Crippen LogP contribution is 2.20. The summed E-state index contributed by atoms with van der Waals surface area (Å²) < 4.78 is 0. The second-order valence-electron chi connectivity index (χ2n) is 3.76. The first-order chi connectivity index (χ1) is 5.24. The third-order valence-corrected chi connectivity index (χ3v) is 2.58. The largest absolute Gasteiger partial charge is 0.396 e. The van der Waals surface area contributed by atoms with Crippen LogP contribution in [0.3, 0.4) is 0 Å². The molecule has 0 aromatic rings. The summed E-state index contributed by atoms with van der Waals surface area (Å²) in [6.07, 6.45) is 2.27. The van der Waals surface area contributed by atoms with Crippen LogP contribution in [0.4, 0.5) is 0 Å². The predicted octanol–water partition coefficient (Wildman–Crippen LogP) is 1.10. The van der Waals surface area contributed by atoms with Gasteiger partial charge < -0.3 is 10.0 Å². The zero-order valence-electron chi connectivity index (χ0n) is 7.58. The van der Waals surface area contributed by atoms with Gasteiger partial charge in [-0.3, -0.25) is 0 Å². The zero-order chi connectivity index (χ0) is 8.27. The Morgan fingerprint density at radius 1 is 1.55 bits per heavy atom. The van der Waals surface area contributed by atoms with Crippen molar-refractivity contribution in [2.75, 3.05) is 19.7 Å². The number of rotatable bonds is 3. The van der Waals surface area contributed by atoms with Gasteiger partial charge in [-0.1, -0.05) is 0 Å². The number of nitrogens with zero attached hydrogens (tertiary/aromatic N) is 1. The summed E-state index contributed by atoms with van der Waals surface area (Å²) >= 11 is 0. The van der Waals surface area contributed by atoms with Crippen LogP contribution in [0.15, 0.2) is 0 Å². The minimum atomic E-state index is 0.358. The Hall–Kier alpha value is -0.0800. The summed E-state index contributed by atoms with van der Waals surface area (Å²) in [5.74, 6) is 0.752. The van der Waals surface area contributed by atoms with Crippen molar-refractivity contribution < 1.29 is 5.11 Å². The third kappa shape index (κ3) is 2.46. The van der Waals surface area contributed by atoms with Gasteiger partial charge in [0.2, 0.25) is 0 Å². The van der Waals surface area contributed by atoms with Crippen LogP contribution in [-0.2, 0) is 0 Å². The maximum Gasteiger partial charge on any atom is 0.0434 e. The fraction of sp³-hybridized carbons (Fsp3) is 1.00. The average Bonchev–Trinajstić information content (AvgIpc) is 2.37. The standard InChI is InChI=1S/C9H19NO/c1-8(2)10-5-3-9(7-10)4-6-11/h8-9,11H,3-7H2,1-2H3/t9-/m0/s1. The van der Waals surface area contributed by atoms with Gasteiger partial charge in [0.25, 0.3) is 0 Å². The highest BCUT2D eigenvalue weighted by molar-refractivity contribution is 4.77. The van der Waals surface area contributed by atoms with Crippen molar-refractivity contribution in [2.45, 2.75) is 32.7 Å². The molecular weight excluding hydrogens is 138 g/mol. The summed E-state index contributed by atoms with van der Waals surface area (Å²) in [5.41, 5.74) is 0. The number of hydrogen-bond acceptors (Lipinski definition) is 2. The van der Waals surface area contributed by atoms with Crippen LogP contribution in [-0.4, -0.2) is 35.7 Å². The van der Waals surface area contributed by atoms with Gasteiger partial charge >= 0.3 is 0 Å². The number of likely N-dealkylation sites (tertiary alicyclic amines) is 1. The van der Waals surface area contributed by atoms with Gasteiger partial charge in [-0.15, -0.1) is 0 Å². The van der Waals surface area contributed by atoms with Crippen molar-refractivity contribution >= 4 is 0 Å². The van der Waals surface area contributed by atoms with E-state index in [1.807, 2.05) is 0 Å². The molecule has 2 heteroatoms. The monoisotopic (exact) mass is 157 g/mol. The SMILES string of the molecule is CC(C)N1CC[C@@H](CCO)C1. The van der Waals surface area contributed by atoms with E-state index in [1.54, 1.807) is 0 Å². The van der Waals surface area contributed by atoms with Crippen LogP contribution >= 0.6 is 0 Å². The topological polar surface area (TPSA) is 23.5 Å². The van der Waals surface area contributed by atoms with E-state index in [2.05, 4.69) is 18.7 Å². The minimum Gasteiger partial charge on any atom is -0.396 e. The Morgan fingerprint density at radius 3 is 2.73 bits per heavy atom. The highest BCUT2D eigenvalue weighted by atomic mass is 16.3. The Kier molecular flexibility index (Phi) is 3.34. The maximum absolute atomic E-state index is 8.73. The lowest BCUT2D eigenvalue weighted by Gasteiger charge is -2.19. The van der Waals surface area contributed by atoms with Crippen LogP contribution in [0.25, 0.3) is 0 Å². The quantitative estimate of drug-likeness (QED) is 0.663. The van der Waals surface area contributed by atoms with Gasteiger partial charge in [0.1, 0.15) is 0 Å². The Morgan fingerprint density at radius 2 is 2.27 bits per heavy atom. The van der Waals surface area contributed by atoms with Crippen LogP contribution in [0, 0.1) is 5.92 Å². The van der Waals surface area contributed by atoms with E-state index in [0.717, 1.165) is 12.3 Å². The van der Waals surface area contributed by atoms with Crippen LogP contribution < -0.4 is 0 Å². The molecule has 0 aromatic carbocycles. The van der Waals surface area contributed by atoms with E-state index in [-0.39, 0.29) is 0 Å². The molecule has 1 heterocycles.